The van der Waals surface area contributed by atoms with Gasteiger partial charge in [-0.25, -0.2) is 14.8 Å². The number of ether oxygens (including phenoxy) is 3. The molecule has 1 fully saturated rings. The van der Waals surface area contributed by atoms with Crippen LogP contribution in [0.5, 0.6) is 0 Å². The molecule has 0 bridgehead atoms. The molecule has 0 atom stereocenters. The van der Waals surface area contributed by atoms with Gasteiger partial charge in [0.15, 0.2) is 5.82 Å². The summed E-state index contributed by atoms with van der Waals surface area (Å²) in [6.07, 6.45) is 0.680. The van der Waals surface area contributed by atoms with E-state index >= 15 is 0 Å². The minimum Gasteiger partial charge on any atom is -0.384 e. The summed E-state index contributed by atoms with van der Waals surface area (Å²) in [5.41, 5.74) is 8.56. The molecule has 1 aliphatic heterocycles. The van der Waals surface area contributed by atoms with Crippen molar-refractivity contribution in [3.8, 4) is 0 Å². The monoisotopic (exact) mass is 406 g/mol. The number of anilines is 1. The number of hydrogen-bond acceptors (Lipinski definition) is 7. The van der Waals surface area contributed by atoms with Crippen LogP contribution in [-0.4, -0.2) is 85.2 Å². The van der Waals surface area contributed by atoms with Crippen LogP contribution in [0, 0.1) is 6.92 Å². The highest BCUT2D eigenvalue weighted by molar-refractivity contribution is 5.85. The molecule has 0 radical (unpaired) electrons. The molecule has 10 heteroatoms. The second kappa shape index (κ2) is 10.4. The van der Waals surface area contributed by atoms with E-state index in [2.05, 4.69) is 19.9 Å². The van der Waals surface area contributed by atoms with E-state index in [4.69, 9.17) is 19.9 Å². The topological polar surface area (TPSA) is 117 Å². The zero-order chi connectivity index (χ0) is 20.6. The molecule has 0 spiro atoms. The Balaban J connectivity index is 1.51. The van der Waals surface area contributed by atoms with Gasteiger partial charge in [-0.1, -0.05) is 0 Å². The lowest BCUT2D eigenvalue weighted by Crippen LogP contribution is -2.46. The van der Waals surface area contributed by atoms with Crippen molar-refractivity contribution in [1.82, 2.24) is 24.8 Å². The third-order valence-corrected chi connectivity index (χ3v) is 4.78. The Morgan fingerprint density at radius 3 is 2.83 bits per heavy atom. The number of nitrogens with two attached hydrogens (primary N) is 1. The summed E-state index contributed by atoms with van der Waals surface area (Å²) in [7, 11) is 1.67. The van der Waals surface area contributed by atoms with Crippen LogP contribution in [0.1, 0.15) is 11.5 Å². The molecular weight excluding hydrogens is 376 g/mol. The number of urea groups is 1. The maximum absolute atomic E-state index is 12.0. The Labute approximate surface area is 170 Å². The Morgan fingerprint density at radius 2 is 2.07 bits per heavy atom. The van der Waals surface area contributed by atoms with Gasteiger partial charge < -0.3 is 34.7 Å². The molecule has 10 nitrogen and oxygen atoms in total. The lowest BCUT2D eigenvalue weighted by atomic mass is 10.3. The number of nitrogen functional groups attached to an aromatic ring is 1. The summed E-state index contributed by atoms with van der Waals surface area (Å²) < 4.78 is 18.3. The number of methoxy groups -OCH3 is 1. The van der Waals surface area contributed by atoms with Crippen molar-refractivity contribution in [2.75, 3.05) is 65.5 Å². The van der Waals surface area contributed by atoms with Gasteiger partial charge in [0.05, 0.1) is 38.6 Å². The van der Waals surface area contributed by atoms with Crippen molar-refractivity contribution in [3.05, 3.63) is 17.6 Å². The summed E-state index contributed by atoms with van der Waals surface area (Å²) in [6.45, 7) is 6.97. The molecule has 0 aromatic carbocycles. The Bertz CT molecular complexity index is 819. The van der Waals surface area contributed by atoms with Crippen LogP contribution in [0.3, 0.4) is 0 Å². The summed E-state index contributed by atoms with van der Waals surface area (Å²) in [5, 5.41) is 2.88. The molecule has 3 N–H and O–H groups in total. The van der Waals surface area contributed by atoms with Crippen molar-refractivity contribution in [1.29, 1.82) is 0 Å². The minimum atomic E-state index is -0.0715. The number of nitrogens with one attached hydrogen (secondary N) is 1. The van der Waals surface area contributed by atoms with Gasteiger partial charge in [-0.3, -0.25) is 0 Å². The van der Waals surface area contributed by atoms with Crippen LogP contribution in [0.25, 0.3) is 11.0 Å². The molecule has 1 saturated heterocycles. The first-order valence-electron chi connectivity index (χ1n) is 9.89. The van der Waals surface area contributed by atoms with Crippen LogP contribution in [-0.2, 0) is 27.2 Å². The molecule has 2 aromatic heterocycles. The van der Waals surface area contributed by atoms with E-state index < -0.39 is 0 Å². The predicted octanol–water partition coefficient (Wildman–Crippen LogP) is 0.569. The maximum Gasteiger partial charge on any atom is 0.317 e. The van der Waals surface area contributed by atoms with E-state index in [1.165, 1.54) is 0 Å². The second-order valence-corrected chi connectivity index (χ2v) is 6.88. The van der Waals surface area contributed by atoms with Crippen LogP contribution < -0.4 is 11.1 Å². The number of nitrogens with zero attached hydrogens (tertiary/aromatic N) is 4. The van der Waals surface area contributed by atoms with E-state index in [-0.39, 0.29) is 6.03 Å². The quantitative estimate of drug-likeness (QED) is 0.585. The zero-order valence-electron chi connectivity index (χ0n) is 17.1. The average molecular weight is 406 g/mol. The maximum atomic E-state index is 12.0. The summed E-state index contributed by atoms with van der Waals surface area (Å²) in [6, 6.07) is 1.91. The fourth-order valence-electron chi connectivity index (χ4n) is 3.32. The number of rotatable bonds is 9. The van der Waals surface area contributed by atoms with Crippen LogP contribution in [0.4, 0.5) is 10.6 Å². The first kappa shape index (κ1) is 21.3. The number of aryl methyl sites for hydroxylation is 1. The van der Waals surface area contributed by atoms with Gasteiger partial charge in [-0.05, 0) is 13.0 Å². The molecule has 160 valence electrons. The van der Waals surface area contributed by atoms with Crippen molar-refractivity contribution in [2.45, 2.75) is 19.9 Å². The number of amides is 2. The van der Waals surface area contributed by atoms with E-state index in [0.717, 1.165) is 17.0 Å². The highest BCUT2D eigenvalue weighted by Crippen LogP contribution is 2.22. The molecule has 1 aliphatic rings. The molecule has 2 aromatic rings. The summed E-state index contributed by atoms with van der Waals surface area (Å²) in [4.78, 5) is 22.7. The van der Waals surface area contributed by atoms with Gasteiger partial charge in [0.1, 0.15) is 11.3 Å². The number of pyridine rings is 1. The zero-order valence-corrected chi connectivity index (χ0v) is 17.1. The van der Waals surface area contributed by atoms with E-state index in [9.17, 15) is 4.79 Å². The number of carbonyl (C=O) groups is 1. The fraction of sp³-hybridized carbons (Fsp3) is 0.632. The summed E-state index contributed by atoms with van der Waals surface area (Å²) in [5.74, 6) is 1.33. The Kier molecular flexibility index (Phi) is 7.62. The number of morpholine rings is 1. The number of hydrogen-bond donors (Lipinski definition) is 2. The molecule has 2 amide bonds. The molecule has 0 saturated carbocycles. The second-order valence-electron chi connectivity index (χ2n) is 6.88. The van der Waals surface area contributed by atoms with E-state index in [1.807, 2.05) is 13.0 Å². The van der Waals surface area contributed by atoms with E-state index in [0.29, 0.717) is 77.0 Å². The standard InChI is InChI=1S/C19H30N6O4/c1-14-13-15-17(18(20)22-14)23-16(3-8-27-2)25(15)7-12-28-9-4-21-19(26)24-5-10-29-11-6-24/h13H,3-12H2,1-2H3,(H2,20,22)(H,21,26). The fourth-order valence-corrected chi connectivity index (χ4v) is 3.32. The Morgan fingerprint density at radius 1 is 1.28 bits per heavy atom. The normalized spacial score (nSPS) is 14.5. The largest absolute Gasteiger partial charge is 0.384 e. The van der Waals surface area contributed by atoms with Gasteiger partial charge in [0.25, 0.3) is 0 Å². The number of imidazole rings is 1. The average Bonchev–Trinajstić information content (AvgIpc) is 3.07. The lowest BCUT2D eigenvalue weighted by Gasteiger charge is -2.26. The first-order valence-corrected chi connectivity index (χ1v) is 9.89. The van der Waals surface area contributed by atoms with Gasteiger partial charge in [-0.2, -0.15) is 0 Å². The molecule has 3 heterocycles. The minimum absolute atomic E-state index is 0.0715. The van der Waals surface area contributed by atoms with Crippen LogP contribution in [0.15, 0.2) is 6.07 Å². The van der Waals surface area contributed by atoms with Crippen LogP contribution in [0.2, 0.25) is 0 Å². The molecule has 0 unspecified atom stereocenters. The number of carbonyl (C=O) groups excluding carboxylic acids is 1. The van der Waals surface area contributed by atoms with Crippen molar-refractivity contribution >= 4 is 22.9 Å². The molecule has 0 aliphatic carbocycles. The third kappa shape index (κ3) is 5.55. The highest BCUT2D eigenvalue weighted by atomic mass is 16.5. The number of fused-ring (bicyclic) bond motifs is 1. The van der Waals surface area contributed by atoms with Crippen molar-refractivity contribution < 1.29 is 19.0 Å². The molecular formula is C19H30N6O4. The van der Waals surface area contributed by atoms with Gasteiger partial charge >= 0.3 is 6.03 Å². The van der Waals surface area contributed by atoms with Crippen molar-refractivity contribution in [2.24, 2.45) is 0 Å². The summed E-state index contributed by atoms with van der Waals surface area (Å²) >= 11 is 0. The van der Waals surface area contributed by atoms with Gasteiger partial charge in [0.2, 0.25) is 0 Å². The smallest absolute Gasteiger partial charge is 0.317 e. The van der Waals surface area contributed by atoms with Gasteiger partial charge in [0, 0.05) is 45.4 Å². The van der Waals surface area contributed by atoms with Gasteiger partial charge in [-0.15, -0.1) is 0 Å². The molecule has 29 heavy (non-hydrogen) atoms. The van der Waals surface area contributed by atoms with Crippen LogP contribution >= 0.6 is 0 Å². The predicted molar refractivity (Wildman–Crippen MR) is 109 cm³/mol. The van der Waals surface area contributed by atoms with E-state index in [1.54, 1.807) is 12.0 Å². The molecule has 3 rings (SSSR count). The number of aromatic nitrogens is 3. The SMILES string of the molecule is COCCc1nc2c(N)nc(C)cc2n1CCOCCNC(=O)N1CCOCC1. The highest BCUT2D eigenvalue weighted by Gasteiger charge is 2.16. The first-order chi connectivity index (χ1) is 14.1. The third-order valence-electron chi connectivity index (χ3n) is 4.78. The lowest BCUT2D eigenvalue weighted by molar-refractivity contribution is 0.0523. The van der Waals surface area contributed by atoms with Crippen molar-refractivity contribution in [3.63, 3.8) is 0 Å². The Hall–Kier alpha value is -2.43.